The highest BCUT2D eigenvalue weighted by atomic mass is 32.1. The van der Waals surface area contributed by atoms with Gasteiger partial charge in [0.1, 0.15) is 6.10 Å². The Kier molecular flexibility index (Phi) is 13.2. The van der Waals surface area contributed by atoms with Gasteiger partial charge in [-0.2, -0.15) is 0 Å². The molecule has 15 heteroatoms. The zero-order valence-electron chi connectivity index (χ0n) is 28.7. The van der Waals surface area contributed by atoms with E-state index >= 15 is 4.39 Å². The predicted octanol–water partition coefficient (Wildman–Crippen LogP) is 3.93. The minimum atomic E-state index is -0.504. The maximum Gasteiger partial charge on any atom is 0.319 e. The summed E-state index contributed by atoms with van der Waals surface area (Å²) in [7, 11) is 1.64. The predicted molar refractivity (Wildman–Crippen MR) is 191 cm³/mol. The van der Waals surface area contributed by atoms with Crippen LogP contribution in [0, 0.1) is 11.7 Å². The second-order valence-corrected chi connectivity index (χ2v) is 14.1. The summed E-state index contributed by atoms with van der Waals surface area (Å²) in [5.41, 5.74) is 1.43. The van der Waals surface area contributed by atoms with Crippen molar-refractivity contribution in [2.24, 2.45) is 5.92 Å². The van der Waals surface area contributed by atoms with Gasteiger partial charge in [-0.05, 0) is 31.0 Å². The van der Waals surface area contributed by atoms with Gasteiger partial charge in [-0.3, -0.25) is 4.90 Å². The van der Waals surface area contributed by atoms with Crippen molar-refractivity contribution in [2.75, 3.05) is 103 Å². The number of methoxy groups -OCH3 is 1. The van der Waals surface area contributed by atoms with Crippen LogP contribution in [0.4, 0.5) is 25.4 Å². The number of carbonyl (C=O) groups excluding carboxylic acids is 2. The first-order valence-electron chi connectivity index (χ1n) is 17.7. The van der Waals surface area contributed by atoms with E-state index in [1.165, 1.54) is 10.9 Å². The number of rotatable bonds is 16. The molecule has 50 heavy (non-hydrogen) atoms. The zero-order valence-corrected chi connectivity index (χ0v) is 29.5. The molecule has 1 aromatic heterocycles. The lowest BCUT2D eigenvalue weighted by atomic mass is 10.0. The molecule has 1 saturated heterocycles. The van der Waals surface area contributed by atoms with Gasteiger partial charge in [-0.25, -0.2) is 14.0 Å². The third kappa shape index (κ3) is 10.5. The second-order valence-electron chi connectivity index (χ2n) is 13.0. The Morgan fingerprint density at radius 2 is 1.80 bits per heavy atom. The lowest BCUT2D eigenvalue weighted by Gasteiger charge is -2.37. The van der Waals surface area contributed by atoms with Crippen molar-refractivity contribution in [3.63, 3.8) is 0 Å². The molecule has 5 N–H and O–H groups in total. The van der Waals surface area contributed by atoms with Crippen LogP contribution in [0.15, 0.2) is 36.4 Å². The minimum absolute atomic E-state index is 0.0439. The number of anilines is 2. The Labute approximate surface area is 297 Å². The van der Waals surface area contributed by atoms with Gasteiger partial charge in [0.05, 0.1) is 49.6 Å². The summed E-state index contributed by atoms with van der Waals surface area (Å²) < 4.78 is 37.0. The van der Waals surface area contributed by atoms with Crippen LogP contribution in [0.3, 0.4) is 0 Å². The summed E-state index contributed by atoms with van der Waals surface area (Å²) in [5, 5.41) is 15.7. The van der Waals surface area contributed by atoms with Gasteiger partial charge in [0.15, 0.2) is 11.6 Å². The van der Waals surface area contributed by atoms with E-state index in [1.54, 1.807) is 30.6 Å². The Morgan fingerprint density at radius 3 is 2.54 bits per heavy atom. The maximum absolute atomic E-state index is 15.0. The number of urea groups is 2. The average molecular weight is 716 g/mol. The van der Waals surface area contributed by atoms with E-state index in [2.05, 4.69) is 49.7 Å². The number of nitrogens with one attached hydrogen (secondary N) is 5. The second kappa shape index (κ2) is 18.1. The third-order valence-corrected chi connectivity index (χ3v) is 10.4. The zero-order chi connectivity index (χ0) is 34.7. The van der Waals surface area contributed by atoms with Gasteiger partial charge in [0.25, 0.3) is 0 Å². The molecule has 274 valence electrons. The lowest BCUT2D eigenvalue weighted by Crippen LogP contribution is -2.53. The lowest BCUT2D eigenvalue weighted by molar-refractivity contribution is 0.0256. The van der Waals surface area contributed by atoms with Crippen molar-refractivity contribution in [3.05, 3.63) is 52.0 Å². The summed E-state index contributed by atoms with van der Waals surface area (Å²) >= 11 is 1.69. The molecule has 1 aliphatic carbocycles. The molecule has 4 aliphatic rings. The topological polar surface area (TPSA) is 138 Å². The van der Waals surface area contributed by atoms with Gasteiger partial charge in [0, 0.05) is 94.5 Å². The molecule has 6 rings (SSSR count). The molecule has 1 saturated carbocycles. The van der Waals surface area contributed by atoms with Gasteiger partial charge in [-0.15, -0.1) is 11.3 Å². The monoisotopic (exact) mass is 715 g/mol. The van der Waals surface area contributed by atoms with Crippen molar-refractivity contribution in [1.29, 1.82) is 0 Å². The number of hydrogen-bond acceptors (Lipinski definition) is 10. The number of benzene rings is 1. The van der Waals surface area contributed by atoms with Crippen LogP contribution in [0.1, 0.15) is 41.2 Å². The van der Waals surface area contributed by atoms with Crippen LogP contribution in [0.25, 0.3) is 0 Å². The van der Waals surface area contributed by atoms with Gasteiger partial charge < -0.3 is 50.4 Å². The molecular weight excluding hydrogens is 665 g/mol. The highest BCUT2D eigenvalue weighted by Gasteiger charge is 2.29. The van der Waals surface area contributed by atoms with E-state index in [1.807, 2.05) is 4.90 Å². The SMILES string of the molecule is COCCOCCOCCNC(=O)N1CCN(CC2C=CC(c3cc4c(s3)C(Oc3ccc(NC(=O)NC5CC5)cc3F)CCN4)NC2)CC1. The maximum atomic E-state index is 15.0. The summed E-state index contributed by atoms with van der Waals surface area (Å²) in [5.74, 6) is 0.0505. The van der Waals surface area contributed by atoms with Crippen LogP contribution < -0.4 is 31.3 Å². The van der Waals surface area contributed by atoms with Crippen molar-refractivity contribution in [2.45, 2.75) is 37.5 Å². The highest BCUT2D eigenvalue weighted by molar-refractivity contribution is 7.12. The third-order valence-electron chi connectivity index (χ3n) is 9.13. The molecule has 3 aliphatic heterocycles. The molecular formula is C35H50FN7O6S. The normalized spacial score (nSPS) is 22.0. The number of ether oxygens (including phenoxy) is 4. The van der Waals surface area contributed by atoms with Crippen LogP contribution in [0.5, 0.6) is 5.75 Å². The number of carbonyl (C=O) groups is 2. The van der Waals surface area contributed by atoms with E-state index in [4.69, 9.17) is 18.9 Å². The summed E-state index contributed by atoms with van der Waals surface area (Å²) in [6, 6.07) is 6.69. The summed E-state index contributed by atoms with van der Waals surface area (Å²) in [6.07, 6.45) is 6.98. The van der Waals surface area contributed by atoms with Gasteiger partial charge >= 0.3 is 12.1 Å². The minimum Gasteiger partial charge on any atom is -0.482 e. The summed E-state index contributed by atoms with van der Waals surface area (Å²) in [4.78, 5) is 31.2. The fraction of sp³-hybridized carbons (Fsp3) is 0.600. The van der Waals surface area contributed by atoms with Crippen molar-refractivity contribution in [3.8, 4) is 5.75 Å². The first kappa shape index (κ1) is 36.3. The number of piperazine rings is 1. The van der Waals surface area contributed by atoms with Crippen LogP contribution >= 0.6 is 11.3 Å². The van der Waals surface area contributed by atoms with E-state index < -0.39 is 5.82 Å². The first-order valence-corrected chi connectivity index (χ1v) is 18.5. The fourth-order valence-corrected chi connectivity index (χ4v) is 7.48. The van der Waals surface area contributed by atoms with E-state index in [0.717, 1.165) is 62.6 Å². The van der Waals surface area contributed by atoms with E-state index in [0.29, 0.717) is 64.3 Å². The van der Waals surface area contributed by atoms with Crippen LogP contribution in [-0.2, 0) is 14.2 Å². The fourth-order valence-electron chi connectivity index (χ4n) is 6.22. The molecule has 2 fully saturated rings. The molecule has 3 unspecified atom stereocenters. The number of halogens is 1. The number of amides is 4. The smallest absolute Gasteiger partial charge is 0.319 e. The molecule has 2 aromatic rings. The number of thiophene rings is 1. The standard InChI is InChI=1S/C35H50FN7O6S/c1-46-16-17-48-19-18-47-15-10-38-35(45)43-13-11-42(12-14-43)23-24-2-6-28(39-22-24)32-21-29-33(50-32)31(8-9-37-29)49-30-7-5-26(20-27(30)36)41-34(44)40-25-3-4-25/h2,5-7,20-21,24-25,28,31,37,39H,3-4,8-19,22-23H2,1H3,(H,38,45)(H2,40,41,44). The Bertz CT molecular complexity index is 1450. The molecule has 0 bridgehead atoms. The summed E-state index contributed by atoms with van der Waals surface area (Å²) in [6.45, 7) is 8.68. The number of hydrogen-bond donors (Lipinski definition) is 5. The average Bonchev–Trinajstić information content (AvgIpc) is 3.82. The Hall–Kier alpha value is -3.47. The molecule has 3 atom stereocenters. The van der Waals surface area contributed by atoms with Gasteiger partial charge in [0.2, 0.25) is 0 Å². The van der Waals surface area contributed by atoms with E-state index in [-0.39, 0.29) is 36.0 Å². The molecule has 4 heterocycles. The molecule has 13 nitrogen and oxygen atoms in total. The van der Waals surface area contributed by atoms with E-state index in [9.17, 15) is 9.59 Å². The largest absolute Gasteiger partial charge is 0.482 e. The van der Waals surface area contributed by atoms with Crippen LogP contribution in [-0.4, -0.2) is 120 Å². The van der Waals surface area contributed by atoms with Crippen molar-refractivity contribution < 1.29 is 32.9 Å². The highest BCUT2D eigenvalue weighted by Crippen LogP contribution is 2.42. The molecule has 0 spiro atoms. The first-order chi connectivity index (χ1) is 24.4. The van der Waals surface area contributed by atoms with Gasteiger partial charge in [-0.1, -0.05) is 12.2 Å². The van der Waals surface area contributed by atoms with Crippen molar-refractivity contribution in [1.82, 2.24) is 25.8 Å². The molecule has 1 aromatic carbocycles. The number of fused-ring (bicyclic) bond motifs is 1. The van der Waals surface area contributed by atoms with Crippen molar-refractivity contribution >= 4 is 34.8 Å². The number of nitrogens with zero attached hydrogens (tertiary/aromatic N) is 2. The Balaban J connectivity index is 0.912. The quantitative estimate of drug-likeness (QED) is 0.129. The Morgan fingerprint density at radius 1 is 1.00 bits per heavy atom. The van der Waals surface area contributed by atoms with Crippen LogP contribution in [0.2, 0.25) is 0 Å². The molecule has 4 amide bonds. The molecule has 0 radical (unpaired) electrons.